The Labute approximate surface area is 155 Å². The van der Waals surface area contributed by atoms with Gasteiger partial charge in [-0.05, 0) is 55.8 Å². The average molecular weight is 364 g/mol. The smallest absolute Gasteiger partial charge is 0.137 e. The Morgan fingerprint density at radius 3 is 2.41 bits per heavy atom. The van der Waals surface area contributed by atoms with Crippen molar-refractivity contribution in [3.8, 4) is 16.8 Å². The molecule has 3 nitrogen and oxygen atoms in total. The predicted molar refractivity (Wildman–Crippen MR) is 102 cm³/mol. The molecule has 1 aromatic heterocycles. The third kappa shape index (κ3) is 3.11. The summed E-state index contributed by atoms with van der Waals surface area (Å²) < 4.78 is 29.8. The first kappa shape index (κ1) is 17.4. The monoisotopic (exact) mass is 364 g/mol. The zero-order chi connectivity index (χ0) is 19.2. The Morgan fingerprint density at radius 2 is 1.70 bits per heavy atom. The highest BCUT2D eigenvalue weighted by Gasteiger charge is 2.22. The molecule has 0 saturated carbocycles. The molecule has 5 heteroatoms. The van der Waals surface area contributed by atoms with E-state index in [1.165, 1.54) is 12.1 Å². The van der Waals surface area contributed by atoms with E-state index >= 15 is 0 Å². The molecule has 0 atom stereocenters. The summed E-state index contributed by atoms with van der Waals surface area (Å²) in [7, 11) is 0. The van der Waals surface area contributed by atoms with E-state index in [9.17, 15) is 13.9 Å². The molecular formula is C22H18F2N2O. The molecule has 0 unspecified atom stereocenters. The second kappa shape index (κ2) is 6.28. The minimum absolute atomic E-state index is 0.252. The molecule has 27 heavy (non-hydrogen) atoms. The van der Waals surface area contributed by atoms with E-state index in [2.05, 4.69) is 5.10 Å². The summed E-state index contributed by atoms with van der Waals surface area (Å²) in [5.74, 6) is -0.741. The molecular weight excluding hydrogens is 346 g/mol. The van der Waals surface area contributed by atoms with Crippen LogP contribution in [0.1, 0.15) is 19.4 Å². The van der Waals surface area contributed by atoms with Gasteiger partial charge in [-0.3, -0.25) is 0 Å². The van der Waals surface area contributed by atoms with Gasteiger partial charge in [0.05, 0.1) is 23.0 Å². The van der Waals surface area contributed by atoms with Crippen molar-refractivity contribution in [3.05, 3.63) is 84.1 Å². The van der Waals surface area contributed by atoms with Crippen LogP contribution in [0, 0.1) is 11.6 Å². The topological polar surface area (TPSA) is 38.1 Å². The number of fused-ring (bicyclic) bond motifs is 1. The largest absolute Gasteiger partial charge is 0.386 e. The SMILES string of the molecule is CC(C)(O)c1cccc(-c2ccc3c(cnn3-c3ccc(F)cc3)c2)c1F. The first-order valence-electron chi connectivity index (χ1n) is 8.60. The van der Waals surface area contributed by atoms with E-state index in [0.717, 1.165) is 16.6 Å². The van der Waals surface area contributed by atoms with Crippen LogP contribution in [-0.2, 0) is 5.60 Å². The van der Waals surface area contributed by atoms with Crippen molar-refractivity contribution in [2.75, 3.05) is 0 Å². The summed E-state index contributed by atoms with van der Waals surface area (Å²) in [5.41, 5.74) is 1.69. The highest BCUT2D eigenvalue weighted by molar-refractivity contribution is 5.86. The minimum atomic E-state index is -1.27. The lowest BCUT2D eigenvalue weighted by Gasteiger charge is -2.20. The van der Waals surface area contributed by atoms with Gasteiger partial charge in [0, 0.05) is 16.5 Å². The molecule has 0 saturated heterocycles. The second-order valence-corrected chi connectivity index (χ2v) is 7.03. The average Bonchev–Trinajstić information content (AvgIpc) is 3.05. The molecule has 136 valence electrons. The number of halogens is 2. The summed E-state index contributed by atoms with van der Waals surface area (Å²) in [6.45, 7) is 3.12. The zero-order valence-corrected chi connectivity index (χ0v) is 14.9. The maximum absolute atomic E-state index is 14.9. The van der Waals surface area contributed by atoms with E-state index in [-0.39, 0.29) is 11.4 Å². The van der Waals surface area contributed by atoms with Crippen LogP contribution in [0.15, 0.2) is 66.9 Å². The van der Waals surface area contributed by atoms with Crippen molar-refractivity contribution in [1.82, 2.24) is 9.78 Å². The van der Waals surface area contributed by atoms with Crippen molar-refractivity contribution in [2.24, 2.45) is 0 Å². The summed E-state index contributed by atoms with van der Waals surface area (Å²) in [6.07, 6.45) is 1.69. The van der Waals surface area contributed by atoms with Crippen LogP contribution in [0.2, 0.25) is 0 Å². The van der Waals surface area contributed by atoms with Crippen LogP contribution in [0.25, 0.3) is 27.7 Å². The third-order valence-electron chi connectivity index (χ3n) is 4.61. The van der Waals surface area contributed by atoms with Crippen molar-refractivity contribution >= 4 is 10.9 Å². The van der Waals surface area contributed by atoms with Crippen molar-refractivity contribution < 1.29 is 13.9 Å². The van der Waals surface area contributed by atoms with Gasteiger partial charge < -0.3 is 5.11 Å². The molecule has 0 spiro atoms. The molecule has 0 bridgehead atoms. The molecule has 0 aliphatic carbocycles. The predicted octanol–water partition coefficient (Wildman–Crippen LogP) is 5.20. The highest BCUT2D eigenvalue weighted by Crippen LogP contribution is 2.32. The molecule has 0 fully saturated rings. The first-order valence-corrected chi connectivity index (χ1v) is 8.60. The van der Waals surface area contributed by atoms with E-state index in [1.54, 1.807) is 55.1 Å². The minimum Gasteiger partial charge on any atom is -0.386 e. The fourth-order valence-electron chi connectivity index (χ4n) is 3.22. The molecule has 4 aromatic rings. The number of nitrogens with zero attached hydrogens (tertiary/aromatic N) is 2. The molecule has 4 rings (SSSR count). The lowest BCUT2D eigenvalue weighted by molar-refractivity contribution is 0.0746. The van der Waals surface area contributed by atoms with Crippen LogP contribution in [0.5, 0.6) is 0 Å². The van der Waals surface area contributed by atoms with Gasteiger partial charge in [0.25, 0.3) is 0 Å². The van der Waals surface area contributed by atoms with Crippen LogP contribution in [0.4, 0.5) is 8.78 Å². The van der Waals surface area contributed by atoms with Gasteiger partial charge in [-0.25, -0.2) is 13.5 Å². The number of rotatable bonds is 3. The maximum Gasteiger partial charge on any atom is 0.137 e. The Balaban J connectivity index is 1.81. The quantitative estimate of drug-likeness (QED) is 0.543. The van der Waals surface area contributed by atoms with Crippen molar-refractivity contribution in [1.29, 1.82) is 0 Å². The molecule has 1 heterocycles. The second-order valence-electron chi connectivity index (χ2n) is 7.03. The molecule has 0 aliphatic rings. The summed E-state index contributed by atoms with van der Waals surface area (Å²) >= 11 is 0. The molecule has 0 radical (unpaired) electrons. The zero-order valence-electron chi connectivity index (χ0n) is 14.9. The van der Waals surface area contributed by atoms with E-state index < -0.39 is 11.4 Å². The Hall–Kier alpha value is -3.05. The molecule has 3 aromatic carbocycles. The van der Waals surface area contributed by atoms with Crippen molar-refractivity contribution in [2.45, 2.75) is 19.4 Å². The van der Waals surface area contributed by atoms with Gasteiger partial charge in [-0.2, -0.15) is 5.10 Å². The number of aromatic nitrogens is 2. The summed E-state index contributed by atoms with van der Waals surface area (Å²) in [5, 5.41) is 15.4. The summed E-state index contributed by atoms with van der Waals surface area (Å²) in [4.78, 5) is 0. The normalized spacial score (nSPS) is 11.9. The third-order valence-corrected chi connectivity index (χ3v) is 4.61. The lowest BCUT2D eigenvalue weighted by atomic mass is 9.93. The Kier molecular flexibility index (Phi) is 4.04. The van der Waals surface area contributed by atoms with Crippen LogP contribution in [-0.4, -0.2) is 14.9 Å². The lowest BCUT2D eigenvalue weighted by Crippen LogP contribution is -2.17. The van der Waals surface area contributed by atoms with Gasteiger partial charge >= 0.3 is 0 Å². The Morgan fingerprint density at radius 1 is 0.963 bits per heavy atom. The van der Waals surface area contributed by atoms with E-state index in [1.807, 2.05) is 18.2 Å². The van der Waals surface area contributed by atoms with Gasteiger partial charge in [0.2, 0.25) is 0 Å². The van der Waals surface area contributed by atoms with Gasteiger partial charge in [0.1, 0.15) is 11.6 Å². The van der Waals surface area contributed by atoms with Gasteiger partial charge in [-0.15, -0.1) is 0 Å². The molecule has 0 amide bonds. The van der Waals surface area contributed by atoms with Crippen molar-refractivity contribution in [3.63, 3.8) is 0 Å². The first-order chi connectivity index (χ1) is 12.8. The van der Waals surface area contributed by atoms with Crippen LogP contribution < -0.4 is 0 Å². The maximum atomic E-state index is 14.9. The summed E-state index contributed by atoms with van der Waals surface area (Å²) in [6, 6.07) is 16.6. The number of aliphatic hydroxyl groups is 1. The van der Waals surface area contributed by atoms with Gasteiger partial charge in [0.15, 0.2) is 0 Å². The standard InChI is InChI=1S/C22H18F2N2O/c1-22(2,27)19-5-3-4-18(21(19)24)14-6-11-20-15(12-14)13-25-26(20)17-9-7-16(23)8-10-17/h3-13,27H,1-2H3. The molecule has 1 N–H and O–H groups in total. The number of benzene rings is 3. The van der Waals surface area contributed by atoms with Crippen LogP contribution >= 0.6 is 0 Å². The highest BCUT2D eigenvalue weighted by atomic mass is 19.1. The van der Waals surface area contributed by atoms with Gasteiger partial charge in [-0.1, -0.05) is 24.3 Å². The number of hydrogen-bond acceptors (Lipinski definition) is 2. The Bertz CT molecular complexity index is 1130. The van der Waals surface area contributed by atoms with E-state index in [0.29, 0.717) is 11.1 Å². The van der Waals surface area contributed by atoms with E-state index in [4.69, 9.17) is 0 Å². The van der Waals surface area contributed by atoms with Crippen LogP contribution in [0.3, 0.4) is 0 Å². The number of hydrogen-bond donors (Lipinski definition) is 1. The molecule has 0 aliphatic heterocycles. The fourth-order valence-corrected chi connectivity index (χ4v) is 3.22. The fraction of sp³-hybridized carbons (Fsp3) is 0.136.